The number of H-pyrrole nitrogens is 1. The zero-order valence-corrected chi connectivity index (χ0v) is 11.3. The maximum atomic E-state index is 4.21. The van der Waals surface area contributed by atoms with Gasteiger partial charge in [-0.1, -0.05) is 6.07 Å². The molecular formula is C15H20N4. The number of aromatic amines is 1. The number of imidazole rings is 1. The lowest BCUT2D eigenvalue weighted by Crippen LogP contribution is -2.17. The molecule has 2 heterocycles. The molecule has 0 atom stereocenters. The van der Waals surface area contributed by atoms with E-state index in [1.165, 1.54) is 31.6 Å². The molecule has 0 saturated carbocycles. The number of aromatic nitrogens is 2. The highest BCUT2D eigenvalue weighted by Crippen LogP contribution is 2.23. The normalized spacial score (nSPS) is 14.9. The van der Waals surface area contributed by atoms with Gasteiger partial charge in [0.15, 0.2) is 0 Å². The van der Waals surface area contributed by atoms with Crippen molar-refractivity contribution >= 4 is 11.4 Å². The van der Waals surface area contributed by atoms with Gasteiger partial charge in [0.05, 0.1) is 18.4 Å². The third-order valence-electron chi connectivity index (χ3n) is 3.56. The monoisotopic (exact) mass is 256 g/mol. The Labute approximate surface area is 113 Å². The van der Waals surface area contributed by atoms with Gasteiger partial charge in [-0.3, -0.25) is 0 Å². The van der Waals surface area contributed by atoms with Gasteiger partial charge in [-0.2, -0.15) is 0 Å². The predicted molar refractivity (Wildman–Crippen MR) is 78.5 cm³/mol. The summed E-state index contributed by atoms with van der Waals surface area (Å²) in [6, 6.07) is 8.66. The van der Waals surface area contributed by atoms with Crippen LogP contribution in [0.15, 0.2) is 30.5 Å². The minimum absolute atomic E-state index is 0.782. The fourth-order valence-electron chi connectivity index (χ4n) is 2.55. The van der Waals surface area contributed by atoms with Crippen LogP contribution in [-0.4, -0.2) is 23.1 Å². The molecule has 1 aromatic heterocycles. The number of aryl methyl sites for hydroxylation is 1. The Hall–Kier alpha value is -1.97. The van der Waals surface area contributed by atoms with Gasteiger partial charge in [0.1, 0.15) is 5.82 Å². The molecule has 3 rings (SSSR count). The van der Waals surface area contributed by atoms with Crippen molar-refractivity contribution in [3.8, 4) is 0 Å². The van der Waals surface area contributed by atoms with Crippen LogP contribution < -0.4 is 10.2 Å². The summed E-state index contributed by atoms with van der Waals surface area (Å²) in [6.45, 7) is 5.12. The number of nitrogens with zero attached hydrogens (tertiary/aromatic N) is 2. The summed E-state index contributed by atoms with van der Waals surface area (Å²) in [5.41, 5.74) is 3.60. The lowest BCUT2D eigenvalue weighted by molar-refractivity contribution is 0.949. The van der Waals surface area contributed by atoms with Gasteiger partial charge >= 0.3 is 0 Å². The van der Waals surface area contributed by atoms with E-state index in [1.54, 1.807) is 0 Å². The molecule has 1 saturated heterocycles. The lowest BCUT2D eigenvalue weighted by atomic mass is 10.2. The maximum Gasteiger partial charge on any atom is 0.103 e. The van der Waals surface area contributed by atoms with Crippen LogP contribution in [0, 0.1) is 6.92 Å². The summed E-state index contributed by atoms with van der Waals surface area (Å²) >= 11 is 0. The van der Waals surface area contributed by atoms with Crippen LogP contribution in [0.25, 0.3) is 0 Å². The van der Waals surface area contributed by atoms with Gasteiger partial charge in [-0.25, -0.2) is 4.98 Å². The second-order valence-corrected chi connectivity index (χ2v) is 5.09. The summed E-state index contributed by atoms with van der Waals surface area (Å²) < 4.78 is 0. The molecule has 100 valence electrons. The van der Waals surface area contributed by atoms with E-state index in [-0.39, 0.29) is 0 Å². The van der Waals surface area contributed by atoms with Crippen LogP contribution in [0.3, 0.4) is 0 Å². The van der Waals surface area contributed by atoms with Crippen molar-refractivity contribution < 1.29 is 0 Å². The fraction of sp³-hybridized carbons (Fsp3) is 0.400. The molecular weight excluding hydrogens is 236 g/mol. The molecule has 0 amide bonds. The van der Waals surface area contributed by atoms with Crippen molar-refractivity contribution in [2.75, 3.05) is 23.3 Å². The molecule has 0 unspecified atom stereocenters. The maximum absolute atomic E-state index is 4.21. The average molecular weight is 256 g/mol. The highest BCUT2D eigenvalue weighted by Gasteiger charge is 2.12. The van der Waals surface area contributed by atoms with Crippen LogP contribution in [0.2, 0.25) is 0 Å². The Bertz CT molecular complexity index is 541. The molecule has 1 aliphatic heterocycles. The van der Waals surface area contributed by atoms with Crippen LogP contribution in [0.1, 0.15) is 24.4 Å². The Morgan fingerprint density at radius 2 is 2.16 bits per heavy atom. The van der Waals surface area contributed by atoms with Crippen molar-refractivity contribution in [2.45, 2.75) is 26.3 Å². The highest BCUT2D eigenvalue weighted by atomic mass is 15.1. The standard InChI is InChI=1S/C15H20N4/c1-12-16-10-14(18-12)11-17-13-5-4-6-15(9-13)19-7-2-3-8-19/h4-6,9-10,17H,2-3,7-8,11H2,1H3,(H,16,18). The quantitative estimate of drug-likeness (QED) is 0.884. The minimum atomic E-state index is 0.782. The molecule has 1 aromatic carbocycles. The molecule has 2 N–H and O–H groups in total. The van der Waals surface area contributed by atoms with Gasteiger partial charge in [0.2, 0.25) is 0 Å². The van der Waals surface area contributed by atoms with Gasteiger partial charge in [0, 0.05) is 24.5 Å². The second kappa shape index (κ2) is 5.34. The highest BCUT2D eigenvalue weighted by molar-refractivity contribution is 5.58. The van der Waals surface area contributed by atoms with E-state index in [2.05, 4.69) is 44.5 Å². The van der Waals surface area contributed by atoms with E-state index >= 15 is 0 Å². The second-order valence-electron chi connectivity index (χ2n) is 5.09. The largest absolute Gasteiger partial charge is 0.379 e. The molecule has 0 bridgehead atoms. The van der Waals surface area contributed by atoms with E-state index in [9.17, 15) is 0 Å². The zero-order chi connectivity index (χ0) is 13.1. The van der Waals surface area contributed by atoms with Crippen LogP contribution in [0.4, 0.5) is 11.4 Å². The number of benzene rings is 1. The van der Waals surface area contributed by atoms with Crippen LogP contribution in [0.5, 0.6) is 0 Å². The van der Waals surface area contributed by atoms with Gasteiger partial charge in [-0.15, -0.1) is 0 Å². The summed E-state index contributed by atoms with van der Waals surface area (Å²) in [5.74, 6) is 0.961. The molecule has 1 fully saturated rings. The predicted octanol–water partition coefficient (Wildman–Crippen LogP) is 2.93. The van der Waals surface area contributed by atoms with Crippen molar-refractivity contribution in [3.63, 3.8) is 0 Å². The Morgan fingerprint density at radius 1 is 1.32 bits per heavy atom. The van der Waals surface area contributed by atoms with Gasteiger partial charge < -0.3 is 15.2 Å². The average Bonchev–Trinajstić information content (AvgIpc) is 3.08. The van der Waals surface area contributed by atoms with Gasteiger partial charge in [0.25, 0.3) is 0 Å². The Balaban J connectivity index is 1.65. The first-order valence-electron chi connectivity index (χ1n) is 6.91. The molecule has 19 heavy (non-hydrogen) atoms. The van der Waals surface area contributed by atoms with E-state index in [0.29, 0.717) is 0 Å². The van der Waals surface area contributed by atoms with Gasteiger partial charge in [-0.05, 0) is 38.0 Å². The summed E-state index contributed by atoms with van der Waals surface area (Å²) in [7, 11) is 0. The third kappa shape index (κ3) is 2.89. The zero-order valence-electron chi connectivity index (χ0n) is 11.3. The SMILES string of the molecule is Cc1ncc(CNc2cccc(N3CCCC3)c2)[nH]1. The number of nitrogens with one attached hydrogen (secondary N) is 2. The molecule has 0 aliphatic carbocycles. The molecule has 0 spiro atoms. The van der Waals surface area contributed by atoms with E-state index < -0.39 is 0 Å². The molecule has 2 aromatic rings. The smallest absolute Gasteiger partial charge is 0.103 e. The number of hydrogen-bond donors (Lipinski definition) is 2. The molecule has 4 heteroatoms. The number of rotatable bonds is 4. The Morgan fingerprint density at radius 3 is 2.89 bits per heavy atom. The van der Waals surface area contributed by atoms with Crippen molar-refractivity contribution in [1.82, 2.24) is 9.97 Å². The fourth-order valence-corrected chi connectivity index (χ4v) is 2.55. The third-order valence-corrected chi connectivity index (χ3v) is 3.56. The first-order chi connectivity index (χ1) is 9.31. The summed E-state index contributed by atoms with van der Waals surface area (Å²) in [6.07, 6.45) is 4.50. The summed E-state index contributed by atoms with van der Waals surface area (Å²) in [5, 5.41) is 3.44. The topological polar surface area (TPSA) is 44.0 Å². The first-order valence-corrected chi connectivity index (χ1v) is 6.91. The molecule has 1 aliphatic rings. The van der Waals surface area contributed by atoms with Crippen LogP contribution >= 0.6 is 0 Å². The van der Waals surface area contributed by atoms with Crippen molar-refractivity contribution in [2.24, 2.45) is 0 Å². The number of anilines is 2. The first kappa shape index (κ1) is 12.1. The van der Waals surface area contributed by atoms with Crippen LogP contribution in [-0.2, 0) is 6.54 Å². The summed E-state index contributed by atoms with van der Waals surface area (Å²) in [4.78, 5) is 9.89. The van der Waals surface area contributed by atoms with Crippen molar-refractivity contribution in [3.05, 3.63) is 42.0 Å². The molecule has 0 radical (unpaired) electrons. The minimum Gasteiger partial charge on any atom is -0.379 e. The van der Waals surface area contributed by atoms with E-state index in [0.717, 1.165) is 23.8 Å². The lowest BCUT2D eigenvalue weighted by Gasteiger charge is -2.18. The molecule has 4 nitrogen and oxygen atoms in total. The Kier molecular flexibility index (Phi) is 3.40. The number of hydrogen-bond acceptors (Lipinski definition) is 3. The van der Waals surface area contributed by atoms with Crippen molar-refractivity contribution in [1.29, 1.82) is 0 Å². The van der Waals surface area contributed by atoms with E-state index in [1.807, 2.05) is 13.1 Å². The van der Waals surface area contributed by atoms with E-state index in [4.69, 9.17) is 0 Å².